The van der Waals surface area contributed by atoms with Crippen molar-refractivity contribution in [2.24, 2.45) is 0 Å². The number of pyridine rings is 1. The van der Waals surface area contributed by atoms with Crippen LogP contribution >= 0.6 is 11.6 Å². The molecule has 0 saturated heterocycles. The average molecular weight is 392 g/mol. The highest BCUT2D eigenvalue weighted by Crippen LogP contribution is 2.30. The first-order valence-electron chi connectivity index (χ1n) is 7.79. The maximum Gasteiger partial charge on any atom is 0.341 e. The van der Waals surface area contributed by atoms with Crippen LogP contribution in [0.1, 0.15) is 10.4 Å². The zero-order chi connectivity index (χ0) is 19.2. The maximum atomic E-state index is 12.1. The first kappa shape index (κ1) is 18.5. The van der Waals surface area contributed by atoms with E-state index >= 15 is 0 Å². The summed E-state index contributed by atoms with van der Waals surface area (Å²) >= 11 is 5.76. The summed E-state index contributed by atoms with van der Waals surface area (Å²) in [6, 6.07) is 9.82. The zero-order valence-electron chi connectivity index (χ0n) is 13.8. The Kier molecular flexibility index (Phi) is 5.72. The molecule has 9 nitrogen and oxygen atoms in total. The van der Waals surface area contributed by atoms with Gasteiger partial charge in [-0.15, -0.1) is 0 Å². The summed E-state index contributed by atoms with van der Waals surface area (Å²) in [5.74, 6) is -1.20. The molecular formula is C17H14ClN3O6. The first-order chi connectivity index (χ1) is 13.0. The van der Waals surface area contributed by atoms with Crippen LogP contribution in [0, 0.1) is 0 Å². The number of carbonyl (C=O) groups excluding carboxylic acids is 3. The molecule has 10 heteroatoms. The van der Waals surface area contributed by atoms with Gasteiger partial charge >= 0.3 is 5.97 Å². The number of fused-ring (bicyclic) bond motifs is 1. The van der Waals surface area contributed by atoms with E-state index in [1.54, 1.807) is 24.3 Å². The van der Waals surface area contributed by atoms with Crippen LogP contribution in [0.3, 0.4) is 0 Å². The van der Waals surface area contributed by atoms with E-state index in [1.807, 2.05) is 0 Å². The van der Waals surface area contributed by atoms with Crippen LogP contribution in [0.15, 0.2) is 42.6 Å². The van der Waals surface area contributed by atoms with E-state index in [1.165, 1.54) is 18.3 Å². The van der Waals surface area contributed by atoms with Crippen LogP contribution in [0.4, 0.5) is 0 Å². The lowest BCUT2D eigenvalue weighted by atomic mass is 10.2. The predicted molar refractivity (Wildman–Crippen MR) is 92.2 cm³/mol. The van der Waals surface area contributed by atoms with Crippen molar-refractivity contribution in [1.29, 1.82) is 0 Å². The summed E-state index contributed by atoms with van der Waals surface area (Å²) in [5.41, 5.74) is 4.34. The Labute approximate surface area is 158 Å². The fraction of sp³-hybridized carbons (Fsp3) is 0.176. The van der Waals surface area contributed by atoms with Gasteiger partial charge in [0.25, 0.3) is 11.8 Å². The van der Waals surface area contributed by atoms with Crippen LogP contribution in [-0.2, 0) is 14.3 Å². The van der Waals surface area contributed by atoms with E-state index in [0.717, 1.165) is 0 Å². The van der Waals surface area contributed by atoms with Crippen LogP contribution in [0.5, 0.6) is 11.5 Å². The molecular weight excluding hydrogens is 378 g/mol. The van der Waals surface area contributed by atoms with Gasteiger partial charge in [0.2, 0.25) is 6.10 Å². The molecule has 1 aromatic carbocycles. The van der Waals surface area contributed by atoms with Crippen molar-refractivity contribution in [3.63, 3.8) is 0 Å². The molecule has 0 spiro atoms. The molecule has 0 fully saturated rings. The van der Waals surface area contributed by atoms with E-state index in [-0.39, 0.29) is 17.3 Å². The zero-order valence-corrected chi connectivity index (χ0v) is 14.6. The summed E-state index contributed by atoms with van der Waals surface area (Å²) in [6.07, 6.45) is 0.480. The molecule has 1 aromatic heterocycles. The molecule has 2 aromatic rings. The Morgan fingerprint density at radius 2 is 1.93 bits per heavy atom. The van der Waals surface area contributed by atoms with Gasteiger partial charge in [0.05, 0.1) is 5.56 Å². The lowest BCUT2D eigenvalue weighted by molar-refractivity contribution is -0.135. The minimum absolute atomic E-state index is 0.00674. The third-order valence-electron chi connectivity index (χ3n) is 3.44. The maximum absolute atomic E-state index is 12.1. The van der Waals surface area contributed by atoms with Crippen molar-refractivity contribution in [2.45, 2.75) is 6.10 Å². The minimum atomic E-state index is -0.933. The topological polar surface area (TPSA) is 116 Å². The van der Waals surface area contributed by atoms with E-state index in [0.29, 0.717) is 11.5 Å². The highest BCUT2D eigenvalue weighted by Gasteiger charge is 2.27. The number of halogens is 1. The van der Waals surface area contributed by atoms with Gasteiger partial charge in [-0.1, -0.05) is 23.7 Å². The molecule has 3 rings (SSSR count). The minimum Gasteiger partial charge on any atom is -0.485 e. The Balaban J connectivity index is 1.43. The summed E-state index contributed by atoms with van der Waals surface area (Å²) in [6.45, 7) is -0.623. The number of hydrazine groups is 1. The van der Waals surface area contributed by atoms with Crippen molar-refractivity contribution in [3.05, 3.63) is 53.3 Å². The third-order valence-corrected chi connectivity index (χ3v) is 3.74. The van der Waals surface area contributed by atoms with Gasteiger partial charge in [0, 0.05) is 6.20 Å². The fourth-order valence-corrected chi connectivity index (χ4v) is 2.34. The molecule has 1 atom stereocenters. The highest BCUT2D eigenvalue weighted by atomic mass is 35.5. The number of carbonyl (C=O) groups is 3. The highest BCUT2D eigenvalue weighted by molar-refractivity contribution is 6.32. The number of benzene rings is 1. The normalized spacial score (nSPS) is 14.8. The number of nitrogens with one attached hydrogen (secondary N) is 2. The van der Waals surface area contributed by atoms with E-state index in [2.05, 4.69) is 15.8 Å². The van der Waals surface area contributed by atoms with E-state index in [4.69, 9.17) is 25.8 Å². The molecule has 2 N–H and O–H groups in total. The standard InChI is InChI=1S/C17H14ClN3O6/c18-15-10(4-3-7-19-15)17(24)26-9-14(22)20-21-16(23)13-8-25-11-5-1-2-6-12(11)27-13/h1-7,13H,8-9H2,(H,20,22)(H,21,23)/t13-/m0/s1. The van der Waals surface area contributed by atoms with Gasteiger partial charge < -0.3 is 14.2 Å². The smallest absolute Gasteiger partial charge is 0.341 e. The first-order valence-corrected chi connectivity index (χ1v) is 8.17. The van der Waals surface area contributed by atoms with Gasteiger partial charge in [-0.25, -0.2) is 9.78 Å². The van der Waals surface area contributed by atoms with Crippen molar-refractivity contribution in [3.8, 4) is 11.5 Å². The predicted octanol–water partition coefficient (Wildman–Crippen LogP) is 0.879. The van der Waals surface area contributed by atoms with Gasteiger partial charge in [-0.05, 0) is 24.3 Å². The molecule has 2 amide bonds. The van der Waals surface area contributed by atoms with Gasteiger partial charge in [-0.3, -0.25) is 20.4 Å². The Bertz CT molecular complexity index is 875. The molecule has 27 heavy (non-hydrogen) atoms. The van der Waals surface area contributed by atoms with Crippen molar-refractivity contribution in [2.75, 3.05) is 13.2 Å². The Hall–Kier alpha value is -3.33. The second kappa shape index (κ2) is 8.37. The molecule has 0 bridgehead atoms. The number of amides is 2. The number of rotatable bonds is 4. The number of hydrogen-bond acceptors (Lipinski definition) is 7. The lowest BCUT2D eigenvalue weighted by Crippen LogP contribution is -2.51. The quantitative estimate of drug-likeness (QED) is 0.451. The number of aromatic nitrogens is 1. The van der Waals surface area contributed by atoms with Crippen LogP contribution in [0.2, 0.25) is 5.15 Å². The largest absolute Gasteiger partial charge is 0.485 e. The average Bonchev–Trinajstić information content (AvgIpc) is 2.70. The molecule has 0 saturated carbocycles. The summed E-state index contributed by atoms with van der Waals surface area (Å²) in [5, 5.41) is -0.0362. The van der Waals surface area contributed by atoms with Crippen LogP contribution in [-0.4, -0.2) is 42.1 Å². The van der Waals surface area contributed by atoms with Crippen molar-refractivity contribution >= 4 is 29.4 Å². The summed E-state index contributed by atoms with van der Waals surface area (Å²) in [7, 11) is 0. The van der Waals surface area contributed by atoms with E-state index < -0.39 is 30.5 Å². The third kappa shape index (κ3) is 4.64. The Morgan fingerprint density at radius 1 is 1.15 bits per heavy atom. The molecule has 2 heterocycles. The van der Waals surface area contributed by atoms with Gasteiger partial charge in [-0.2, -0.15) is 0 Å². The van der Waals surface area contributed by atoms with Crippen LogP contribution in [0.25, 0.3) is 0 Å². The molecule has 0 unspecified atom stereocenters. The number of nitrogens with zero attached hydrogens (tertiary/aromatic N) is 1. The lowest BCUT2D eigenvalue weighted by Gasteiger charge is -2.25. The van der Waals surface area contributed by atoms with Crippen LogP contribution < -0.4 is 20.3 Å². The van der Waals surface area contributed by atoms with Crippen molar-refractivity contribution in [1.82, 2.24) is 15.8 Å². The Morgan fingerprint density at radius 3 is 2.70 bits per heavy atom. The summed E-state index contributed by atoms with van der Waals surface area (Å²) in [4.78, 5) is 39.3. The fourth-order valence-electron chi connectivity index (χ4n) is 2.14. The number of para-hydroxylation sites is 2. The molecule has 140 valence electrons. The van der Waals surface area contributed by atoms with Crippen molar-refractivity contribution < 1.29 is 28.6 Å². The number of hydrogen-bond donors (Lipinski definition) is 2. The number of esters is 1. The second-order valence-electron chi connectivity index (χ2n) is 5.32. The molecule has 1 aliphatic rings. The SMILES string of the molecule is O=C(COC(=O)c1cccnc1Cl)NNC(=O)[C@@H]1COc2ccccc2O1. The van der Waals surface area contributed by atoms with Gasteiger partial charge in [0.1, 0.15) is 11.8 Å². The van der Waals surface area contributed by atoms with Gasteiger partial charge in [0.15, 0.2) is 18.1 Å². The second-order valence-corrected chi connectivity index (χ2v) is 5.68. The van der Waals surface area contributed by atoms with E-state index in [9.17, 15) is 14.4 Å². The molecule has 1 aliphatic heterocycles. The molecule has 0 aliphatic carbocycles. The summed E-state index contributed by atoms with van der Waals surface area (Å²) < 4.78 is 15.7. The number of ether oxygens (including phenoxy) is 3. The monoisotopic (exact) mass is 391 g/mol. The molecule has 0 radical (unpaired) electrons.